The van der Waals surface area contributed by atoms with Crippen molar-refractivity contribution in [2.75, 3.05) is 11.9 Å². The molecule has 3 N–H and O–H groups in total. The van der Waals surface area contributed by atoms with E-state index in [-0.39, 0.29) is 29.1 Å². The predicted octanol–water partition coefficient (Wildman–Crippen LogP) is 3.16. The van der Waals surface area contributed by atoms with Crippen molar-refractivity contribution in [3.05, 3.63) is 65.1 Å². The molecule has 0 aliphatic carbocycles. The van der Waals surface area contributed by atoms with Gasteiger partial charge in [0, 0.05) is 24.6 Å². The maximum absolute atomic E-state index is 13.5. The average molecular weight is 373 g/mol. The largest absolute Gasteiger partial charge is 0.507 e. The van der Waals surface area contributed by atoms with Crippen molar-refractivity contribution in [3.8, 4) is 11.5 Å². The molecule has 0 bridgehead atoms. The number of aromatic carboxylic acids is 1. The molecule has 0 radical (unpaired) electrons. The number of carboxylic acid groups (broad SMARTS) is 1. The Morgan fingerprint density at radius 1 is 1.33 bits per heavy atom. The van der Waals surface area contributed by atoms with Gasteiger partial charge >= 0.3 is 5.97 Å². The Hall–Kier alpha value is -3.39. The summed E-state index contributed by atoms with van der Waals surface area (Å²) in [5, 5.41) is 21.5. The van der Waals surface area contributed by atoms with E-state index in [4.69, 9.17) is 14.6 Å². The number of carbonyl (C=O) groups is 2. The van der Waals surface area contributed by atoms with Crippen LogP contribution in [0.15, 0.2) is 48.2 Å². The normalized spacial score (nSPS) is 17.3. The van der Waals surface area contributed by atoms with Crippen LogP contribution in [0.4, 0.5) is 10.1 Å². The third-order valence-electron chi connectivity index (χ3n) is 3.88. The van der Waals surface area contributed by atoms with Gasteiger partial charge in [0.25, 0.3) is 0 Å². The number of nitrogens with one attached hydrogen (secondary N) is 1. The van der Waals surface area contributed by atoms with Crippen LogP contribution in [0.2, 0.25) is 0 Å². The van der Waals surface area contributed by atoms with Crippen molar-refractivity contribution in [1.82, 2.24) is 0 Å². The molecule has 0 saturated carbocycles. The summed E-state index contributed by atoms with van der Waals surface area (Å²) in [5.41, 5.74) is 0.278. The molecule has 140 valence electrons. The van der Waals surface area contributed by atoms with Crippen molar-refractivity contribution in [1.29, 1.82) is 0 Å². The predicted molar refractivity (Wildman–Crippen MR) is 93.5 cm³/mol. The number of hydrogen-bond acceptors (Lipinski definition) is 6. The van der Waals surface area contributed by atoms with Crippen molar-refractivity contribution < 1.29 is 33.7 Å². The van der Waals surface area contributed by atoms with E-state index >= 15 is 0 Å². The van der Waals surface area contributed by atoms with Gasteiger partial charge in [0.1, 0.15) is 22.9 Å². The molecule has 2 aromatic rings. The molecule has 1 heterocycles. The fourth-order valence-corrected chi connectivity index (χ4v) is 2.60. The molecule has 0 spiro atoms. The lowest BCUT2D eigenvalue weighted by Crippen LogP contribution is -2.33. The summed E-state index contributed by atoms with van der Waals surface area (Å²) in [6, 6.07) is 7.50. The number of aromatic hydroxyl groups is 1. The van der Waals surface area contributed by atoms with Gasteiger partial charge in [-0.25, -0.2) is 9.18 Å². The lowest BCUT2D eigenvalue weighted by molar-refractivity contribution is -0.0510. The van der Waals surface area contributed by atoms with Crippen molar-refractivity contribution >= 4 is 17.4 Å². The van der Waals surface area contributed by atoms with Crippen LogP contribution in [0, 0.1) is 5.82 Å². The van der Waals surface area contributed by atoms with Crippen molar-refractivity contribution in [2.24, 2.45) is 0 Å². The number of benzene rings is 2. The zero-order chi connectivity index (χ0) is 19.6. The van der Waals surface area contributed by atoms with Crippen LogP contribution in [0.1, 0.15) is 27.6 Å². The highest BCUT2D eigenvalue weighted by atomic mass is 19.1. The highest BCUT2D eigenvalue weighted by Crippen LogP contribution is 2.32. The number of ketones is 1. The standard InChI is InChI=1S/C19H16FNO6/c1-2-26-19-14(17(23)13-7-10(20)3-6-16(13)27-19)9-21-11-4-5-12(18(24)25)15(22)8-11/h3-9,19,21-22H,2H2,1H3,(H,24,25)/b14-9+. The molecule has 7 nitrogen and oxygen atoms in total. The van der Waals surface area contributed by atoms with Crippen LogP contribution in [0.3, 0.4) is 0 Å². The summed E-state index contributed by atoms with van der Waals surface area (Å²) in [6.07, 6.45) is 0.339. The third-order valence-corrected chi connectivity index (χ3v) is 3.88. The number of carbonyl (C=O) groups excluding carboxylic acids is 1. The molecule has 2 aromatic carbocycles. The first kappa shape index (κ1) is 18.4. The molecule has 8 heteroatoms. The van der Waals surface area contributed by atoms with Crippen LogP contribution < -0.4 is 10.1 Å². The summed E-state index contributed by atoms with van der Waals surface area (Å²) >= 11 is 0. The molecular weight excluding hydrogens is 357 g/mol. The Kier molecular flexibility index (Phi) is 5.09. The fraction of sp³-hybridized carbons (Fsp3) is 0.158. The van der Waals surface area contributed by atoms with Gasteiger partial charge in [-0.05, 0) is 37.3 Å². The lowest BCUT2D eigenvalue weighted by Gasteiger charge is -2.27. The van der Waals surface area contributed by atoms with Gasteiger partial charge in [-0.3, -0.25) is 4.79 Å². The van der Waals surface area contributed by atoms with Crippen LogP contribution in [0.25, 0.3) is 0 Å². The molecule has 3 rings (SSSR count). The number of Topliss-reactive ketones (excluding diaryl/α,β-unsaturated/α-hetero) is 1. The first-order valence-electron chi connectivity index (χ1n) is 8.06. The minimum atomic E-state index is -1.26. The summed E-state index contributed by atoms with van der Waals surface area (Å²) in [6.45, 7) is 2.02. The average Bonchev–Trinajstić information content (AvgIpc) is 2.62. The maximum Gasteiger partial charge on any atom is 0.339 e. The number of phenols is 1. The number of anilines is 1. The highest BCUT2D eigenvalue weighted by molar-refractivity contribution is 6.12. The van der Waals surface area contributed by atoms with E-state index < -0.39 is 29.6 Å². The fourth-order valence-electron chi connectivity index (χ4n) is 2.60. The van der Waals surface area contributed by atoms with E-state index in [0.29, 0.717) is 5.69 Å². The SMILES string of the molecule is CCOC1Oc2ccc(F)cc2C(=O)/C1=C\Nc1ccc(C(=O)O)c(O)c1. The van der Waals surface area contributed by atoms with Crippen LogP contribution in [-0.2, 0) is 4.74 Å². The monoisotopic (exact) mass is 373 g/mol. The number of ether oxygens (including phenoxy) is 2. The summed E-state index contributed by atoms with van der Waals surface area (Å²) in [5.74, 6) is -2.50. The minimum Gasteiger partial charge on any atom is -0.507 e. The maximum atomic E-state index is 13.5. The zero-order valence-corrected chi connectivity index (χ0v) is 14.2. The Morgan fingerprint density at radius 3 is 2.78 bits per heavy atom. The topological polar surface area (TPSA) is 105 Å². The summed E-state index contributed by atoms with van der Waals surface area (Å²) < 4.78 is 24.6. The van der Waals surface area contributed by atoms with Gasteiger partial charge in [-0.15, -0.1) is 0 Å². The van der Waals surface area contributed by atoms with E-state index in [1.165, 1.54) is 36.5 Å². The first-order valence-corrected chi connectivity index (χ1v) is 8.06. The third kappa shape index (κ3) is 3.75. The molecular formula is C19H16FNO6. The molecule has 0 amide bonds. The lowest BCUT2D eigenvalue weighted by atomic mass is 9.99. The Morgan fingerprint density at radius 2 is 2.11 bits per heavy atom. The minimum absolute atomic E-state index is 0.0723. The van der Waals surface area contributed by atoms with Gasteiger partial charge in [0.2, 0.25) is 12.1 Å². The molecule has 27 heavy (non-hydrogen) atoms. The Bertz CT molecular complexity index is 940. The molecule has 1 aliphatic heterocycles. The van der Waals surface area contributed by atoms with Crippen LogP contribution in [-0.4, -0.2) is 34.9 Å². The van der Waals surface area contributed by atoms with Crippen molar-refractivity contribution in [2.45, 2.75) is 13.2 Å². The van der Waals surface area contributed by atoms with Gasteiger partial charge in [0.15, 0.2) is 0 Å². The van der Waals surface area contributed by atoms with Gasteiger partial charge in [0.05, 0.1) is 11.1 Å². The molecule has 0 saturated heterocycles. The number of hydrogen-bond donors (Lipinski definition) is 3. The number of fused-ring (bicyclic) bond motifs is 1. The molecule has 0 aromatic heterocycles. The van der Waals surface area contributed by atoms with Gasteiger partial charge in [-0.1, -0.05) is 0 Å². The number of rotatable bonds is 5. The first-order chi connectivity index (χ1) is 12.9. The Balaban J connectivity index is 1.91. The second-order valence-electron chi connectivity index (χ2n) is 5.66. The molecule has 1 unspecified atom stereocenters. The summed E-state index contributed by atoms with van der Waals surface area (Å²) in [7, 11) is 0. The van der Waals surface area contributed by atoms with E-state index in [1.807, 2.05) is 0 Å². The van der Waals surface area contributed by atoms with Crippen LogP contribution in [0.5, 0.6) is 11.5 Å². The Labute approximate surface area is 153 Å². The molecule has 0 fully saturated rings. The summed E-state index contributed by atoms with van der Waals surface area (Å²) in [4.78, 5) is 23.7. The smallest absolute Gasteiger partial charge is 0.339 e. The van der Waals surface area contributed by atoms with Crippen molar-refractivity contribution in [3.63, 3.8) is 0 Å². The quantitative estimate of drug-likeness (QED) is 0.692. The number of halogens is 1. The second kappa shape index (κ2) is 7.46. The van der Waals surface area contributed by atoms with E-state index in [0.717, 1.165) is 6.07 Å². The molecule has 1 atom stereocenters. The number of carboxylic acids is 1. The van der Waals surface area contributed by atoms with Gasteiger partial charge < -0.3 is 25.0 Å². The van der Waals surface area contributed by atoms with Gasteiger partial charge in [-0.2, -0.15) is 0 Å². The molecule has 1 aliphatic rings. The zero-order valence-electron chi connectivity index (χ0n) is 14.2. The van der Waals surface area contributed by atoms with E-state index in [1.54, 1.807) is 6.92 Å². The van der Waals surface area contributed by atoms with Crippen LogP contribution >= 0.6 is 0 Å². The highest BCUT2D eigenvalue weighted by Gasteiger charge is 2.32. The second-order valence-corrected chi connectivity index (χ2v) is 5.66. The van der Waals surface area contributed by atoms with E-state index in [2.05, 4.69) is 5.32 Å². The van der Waals surface area contributed by atoms with E-state index in [9.17, 15) is 19.1 Å².